The molecule has 0 amide bonds. The minimum absolute atomic E-state index is 0.180. The van der Waals surface area contributed by atoms with Crippen LogP contribution in [0.1, 0.15) is 37.8 Å². The smallest absolute Gasteiger partial charge is 0.135 e. The number of nitrogens with two attached hydrogens (primary N) is 1. The third kappa shape index (κ3) is 4.29. The molecule has 0 heterocycles. The van der Waals surface area contributed by atoms with Crippen molar-refractivity contribution >= 4 is 5.78 Å². The lowest BCUT2D eigenvalue weighted by Crippen LogP contribution is -2.15. The number of benzene rings is 1. The lowest BCUT2D eigenvalue weighted by molar-refractivity contribution is -0.119. The highest BCUT2D eigenvalue weighted by molar-refractivity contribution is 5.79. The van der Waals surface area contributed by atoms with Crippen LogP contribution in [0.15, 0.2) is 30.3 Å². The van der Waals surface area contributed by atoms with Crippen LogP contribution in [0.25, 0.3) is 0 Å². The van der Waals surface area contributed by atoms with Crippen molar-refractivity contribution < 1.29 is 4.79 Å². The van der Waals surface area contributed by atoms with E-state index in [1.165, 1.54) is 0 Å². The van der Waals surface area contributed by atoms with Crippen molar-refractivity contribution in [1.82, 2.24) is 0 Å². The Morgan fingerprint density at radius 3 is 2.69 bits per heavy atom. The fourth-order valence-corrected chi connectivity index (χ4v) is 1.49. The monoisotopic (exact) mass is 215 g/mol. The Hall–Kier alpha value is -1.59. The molecule has 0 aliphatic rings. The number of Topliss-reactive ketones (excluding diaryl/α,β-unsaturated/α-hetero) is 1. The molecular weight excluding hydrogens is 198 g/mol. The SMILES string of the molecule is CC#CCCC(=O)CC(N)c1ccccc1. The highest BCUT2D eigenvalue weighted by Crippen LogP contribution is 2.14. The molecule has 2 nitrogen and oxygen atoms in total. The van der Waals surface area contributed by atoms with Gasteiger partial charge in [0.05, 0.1) is 0 Å². The Kier molecular flexibility index (Phi) is 5.31. The number of hydrogen-bond donors (Lipinski definition) is 1. The zero-order chi connectivity index (χ0) is 11.8. The first kappa shape index (κ1) is 12.5. The first-order chi connectivity index (χ1) is 7.74. The zero-order valence-corrected chi connectivity index (χ0v) is 9.57. The highest BCUT2D eigenvalue weighted by Gasteiger charge is 2.10. The van der Waals surface area contributed by atoms with Gasteiger partial charge in [0.1, 0.15) is 5.78 Å². The molecule has 1 aromatic carbocycles. The summed E-state index contributed by atoms with van der Waals surface area (Å²) in [6.45, 7) is 1.78. The number of carbonyl (C=O) groups is 1. The zero-order valence-electron chi connectivity index (χ0n) is 9.57. The van der Waals surface area contributed by atoms with Crippen molar-refractivity contribution in [2.75, 3.05) is 0 Å². The van der Waals surface area contributed by atoms with Crippen LogP contribution in [-0.2, 0) is 4.79 Å². The van der Waals surface area contributed by atoms with Crippen LogP contribution in [0.2, 0.25) is 0 Å². The third-order valence-electron chi connectivity index (χ3n) is 2.38. The molecule has 0 radical (unpaired) electrons. The summed E-state index contributed by atoms with van der Waals surface area (Å²) < 4.78 is 0. The van der Waals surface area contributed by atoms with Crippen LogP contribution in [0.5, 0.6) is 0 Å². The van der Waals surface area contributed by atoms with Crippen molar-refractivity contribution in [2.45, 2.75) is 32.2 Å². The summed E-state index contributed by atoms with van der Waals surface area (Å²) in [5, 5.41) is 0. The van der Waals surface area contributed by atoms with E-state index in [-0.39, 0.29) is 11.8 Å². The van der Waals surface area contributed by atoms with E-state index in [9.17, 15) is 4.79 Å². The fraction of sp³-hybridized carbons (Fsp3) is 0.357. The van der Waals surface area contributed by atoms with Gasteiger partial charge in [0.15, 0.2) is 0 Å². The average Bonchev–Trinajstić information content (AvgIpc) is 2.30. The van der Waals surface area contributed by atoms with Crippen LogP contribution >= 0.6 is 0 Å². The Bertz CT molecular complexity index is 386. The predicted octanol–water partition coefficient (Wildman–Crippen LogP) is 2.45. The Morgan fingerprint density at radius 2 is 2.06 bits per heavy atom. The van der Waals surface area contributed by atoms with Gasteiger partial charge in [0, 0.05) is 25.3 Å². The van der Waals surface area contributed by atoms with Crippen LogP contribution in [0.4, 0.5) is 0 Å². The summed E-state index contributed by atoms with van der Waals surface area (Å²) in [5.74, 6) is 5.83. The normalized spacial score (nSPS) is 11.4. The van der Waals surface area contributed by atoms with Gasteiger partial charge in [-0.1, -0.05) is 30.3 Å². The summed E-state index contributed by atoms with van der Waals surface area (Å²) in [6, 6.07) is 9.51. The number of rotatable bonds is 5. The van der Waals surface area contributed by atoms with Gasteiger partial charge in [0.2, 0.25) is 0 Å². The Morgan fingerprint density at radius 1 is 1.38 bits per heavy atom. The Balaban J connectivity index is 2.41. The molecule has 0 saturated heterocycles. The van der Waals surface area contributed by atoms with E-state index >= 15 is 0 Å². The summed E-state index contributed by atoms with van der Waals surface area (Å²) in [4.78, 5) is 11.6. The maximum atomic E-state index is 11.6. The molecule has 0 aromatic heterocycles. The van der Waals surface area contributed by atoms with Gasteiger partial charge in [-0.3, -0.25) is 4.79 Å². The molecule has 1 atom stereocenters. The fourth-order valence-electron chi connectivity index (χ4n) is 1.49. The lowest BCUT2D eigenvalue weighted by atomic mass is 10.0. The third-order valence-corrected chi connectivity index (χ3v) is 2.38. The van der Waals surface area contributed by atoms with E-state index in [1.54, 1.807) is 6.92 Å². The lowest BCUT2D eigenvalue weighted by Gasteiger charge is -2.10. The van der Waals surface area contributed by atoms with Crippen molar-refractivity contribution in [2.24, 2.45) is 5.73 Å². The van der Waals surface area contributed by atoms with Crippen LogP contribution < -0.4 is 5.73 Å². The molecular formula is C14H17NO. The second-order valence-corrected chi connectivity index (χ2v) is 3.69. The maximum absolute atomic E-state index is 11.6. The maximum Gasteiger partial charge on any atom is 0.135 e. The average molecular weight is 215 g/mol. The van der Waals surface area contributed by atoms with Gasteiger partial charge in [-0.05, 0) is 12.5 Å². The minimum Gasteiger partial charge on any atom is -0.324 e. The van der Waals surface area contributed by atoms with E-state index in [0.29, 0.717) is 19.3 Å². The van der Waals surface area contributed by atoms with Gasteiger partial charge < -0.3 is 5.73 Å². The summed E-state index contributed by atoms with van der Waals surface area (Å²) in [7, 11) is 0. The molecule has 1 aromatic rings. The van der Waals surface area contributed by atoms with Crippen molar-refractivity contribution in [3.8, 4) is 11.8 Å². The van der Waals surface area contributed by atoms with Crippen LogP contribution in [-0.4, -0.2) is 5.78 Å². The molecule has 0 fully saturated rings. The Labute approximate surface area is 96.9 Å². The van der Waals surface area contributed by atoms with Gasteiger partial charge in [0.25, 0.3) is 0 Å². The first-order valence-corrected chi connectivity index (χ1v) is 5.46. The van der Waals surface area contributed by atoms with Gasteiger partial charge in [-0.25, -0.2) is 0 Å². The highest BCUT2D eigenvalue weighted by atomic mass is 16.1. The molecule has 0 saturated carbocycles. The number of carbonyl (C=O) groups excluding carboxylic acids is 1. The molecule has 1 rings (SSSR count). The molecule has 1 unspecified atom stereocenters. The van der Waals surface area contributed by atoms with E-state index < -0.39 is 0 Å². The summed E-state index contributed by atoms with van der Waals surface area (Å²) in [5.41, 5.74) is 6.95. The van der Waals surface area contributed by atoms with E-state index in [4.69, 9.17) is 5.73 Å². The second kappa shape index (κ2) is 6.81. The minimum atomic E-state index is -0.191. The van der Waals surface area contributed by atoms with Crippen molar-refractivity contribution in [3.63, 3.8) is 0 Å². The predicted molar refractivity (Wildman–Crippen MR) is 65.7 cm³/mol. The molecule has 16 heavy (non-hydrogen) atoms. The number of hydrogen-bond acceptors (Lipinski definition) is 2. The molecule has 0 aliphatic carbocycles. The quantitative estimate of drug-likeness (QED) is 0.767. The number of ketones is 1. The standard InChI is InChI=1S/C14H17NO/c1-2-3-5-10-13(16)11-14(15)12-8-6-4-7-9-12/h4,6-9,14H,5,10-11,15H2,1H3. The summed E-state index contributed by atoms with van der Waals surface area (Å²) in [6.07, 6.45) is 1.54. The second-order valence-electron chi connectivity index (χ2n) is 3.69. The molecule has 84 valence electrons. The molecule has 2 heteroatoms. The van der Waals surface area contributed by atoms with Gasteiger partial charge in [-0.2, -0.15) is 0 Å². The van der Waals surface area contributed by atoms with Crippen LogP contribution in [0, 0.1) is 11.8 Å². The summed E-state index contributed by atoms with van der Waals surface area (Å²) >= 11 is 0. The van der Waals surface area contributed by atoms with E-state index in [0.717, 1.165) is 5.56 Å². The molecule has 0 spiro atoms. The van der Waals surface area contributed by atoms with E-state index in [2.05, 4.69) is 11.8 Å². The largest absolute Gasteiger partial charge is 0.324 e. The van der Waals surface area contributed by atoms with Gasteiger partial charge >= 0.3 is 0 Å². The molecule has 2 N–H and O–H groups in total. The molecule has 0 aliphatic heterocycles. The first-order valence-electron chi connectivity index (χ1n) is 5.46. The van der Waals surface area contributed by atoms with Crippen molar-refractivity contribution in [3.05, 3.63) is 35.9 Å². The topological polar surface area (TPSA) is 43.1 Å². The van der Waals surface area contributed by atoms with Crippen molar-refractivity contribution in [1.29, 1.82) is 0 Å². The molecule has 0 bridgehead atoms. The van der Waals surface area contributed by atoms with E-state index in [1.807, 2.05) is 30.3 Å². The van der Waals surface area contributed by atoms with Gasteiger partial charge in [-0.15, -0.1) is 11.8 Å². The van der Waals surface area contributed by atoms with Crippen LogP contribution in [0.3, 0.4) is 0 Å².